The van der Waals surface area contributed by atoms with Crippen LogP contribution in [0.4, 0.5) is 0 Å². The van der Waals surface area contributed by atoms with E-state index in [4.69, 9.17) is 9.84 Å². The van der Waals surface area contributed by atoms with Gasteiger partial charge in [0.2, 0.25) is 5.91 Å². The Bertz CT molecular complexity index is 502. The highest BCUT2D eigenvalue weighted by Gasteiger charge is 2.05. The summed E-state index contributed by atoms with van der Waals surface area (Å²) >= 11 is 0. The molecule has 0 fully saturated rings. The Labute approximate surface area is 118 Å². The minimum atomic E-state index is -1.14. The number of carboxylic acids is 1. The smallest absolute Gasteiger partial charge is 0.328 e. The first-order valence-corrected chi connectivity index (χ1v) is 6.25. The van der Waals surface area contributed by atoms with Crippen molar-refractivity contribution in [3.63, 3.8) is 0 Å². The number of carbonyl (C=O) groups excluding carboxylic acids is 1. The topological polar surface area (TPSA) is 66.8 Å². The van der Waals surface area contributed by atoms with Gasteiger partial charge >= 0.3 is 5.97 Å². The third-order valence-corrected chi connectivity index (χ3v) is 2.64. The second kappa shape index (κ2) is 7.33. The lowest BCUT2D eigenvalue weighted by atomic mass is 10.1. The Morgan fingerprint density at radius 2 is 1.80 bits per heavy atom. The van der Waals surface area contributed by atoms with Crippen LogP contribution >= 0.6 is 0 Å². The van der Waals surface area contributed by atoms with Gasteiger partial charge in [-0.05, 0) is 37.1 Å². The molecule has 1 aromatic carbocycles. The zero-order chi connectivity index (χ0) is 15.1. The third kappa shape index (κ3) is 5.56. The van der Waals surface area contributed by atoms with E-state index < -0.39 is 5.97 Å². The number of nitrogens with zero attached hydrogens (tertiary/aromatic N) is 1. The highest BCUT2D eigenvalue weighted by atomic mass is 16.5. The summed E-state index contributed by atoms with van der Waals surface area (Å²) in [4.78, 5) is 23.2. The van der Waals surface area contributed by atoms with Crippen molar-refractivity contribution < 1.29 is 19.4 Å². The van der Waals surface area contributed by atoms with Crippen molar-refractivity contribution in [2.45, 2.75) is 13.8 Å². The molecule has 0 saturated carbocycles. The van der Waals surface area contributed by atoms with Gasteiger partial charge in [0, 0.05) is 19.2 Å². The first kappa shape index (κ1) is 15.8. The maximum Gasteiger partial charge on any atom is 0.328 e. The van der Waals surface area contributed by atoms with Gasteiger partial charge in [0.1, 0.15) is 12.4 Å². The Hall–Kier alpha value is -2.30. The van der Waals surface area contributed by atoms with Crippen molar-refractivity contribution in [1.82, 2.24) is 4.90 Å². The molecule has 0 radical (unpaired) electrons. The number of hydrogen-bond acceptors (Lipinski definition) is 3. The minimum absolute atomic E-state index is 0.353. The predicted molar refractivity (Wildman–Crippen MR) is 75.8 cm³/mol. The summed E-state index contributed by atoms with van der Waals surface area (Å²) < 4.78 is 5.58. The lowest BCUT2D eigenvalue weighted by molar-refractivity contribution is -0.132. The van der Waals surface area contributed by atoms with Crippen LogP contribution in [-0.2, 0) is 9.59 Å². The molecule has 5 heteroatoms. The summed E-state index contributed by atoms with van der Waals surface area (Å²) in [7, 11) is 1.60. The number of rotatable bonds is 6. The van der Waals surface area contributed by atoms with E-state index in [1.54, 1.807) is 7.05 Å². The molecule has 5 nitrogen and oxygen atoms in total. The van der Waals surface area contributed by atoms with Gasteiger partial charge in [-0.1, -0.05) is 6.07 Å². The molecular formula is C15H19NO4. The molecule has 0 aromatic heterocycles. The zero-order valence-corrected chi connectivity index (χ0v) is 11.9. The summed E-state index contributed by atoms with van der Waals surface area (Å²) in [5.74, 6) is -0.737. The fraction of sp³-hybridized carbons (Fsp3) is 0.333. The number of carbonyl (C=O) groups is 2. The lowest BCUT2D eigenvalue weighted by Gasteiger charge is -2.15. The molecule has 0 aliphatic heterocycles. The fourth-order valence-electron chi connectivity index (χ4n) is 1.70. The van der Waals surface area contributed by atoms with E-state index in [9.17, 15) is 9.59 Å². The summed E-state index contributed by atoms with van der Waals surface area (Å²) in [6.07, 6.45) is 1.85. The van der Waals surface area contributed by atoms with Crippen molar-refractivity contribution in [3.8, 4) is 5.75 Å². The van der Waals surface area contributed by atoms with Gasteiger partial charge in [-0.2, -0.15) is 0 Å². The number of benzene rings is 1. The first-order valence-electron chi connectivity index (χ1n) is 6.25. The van der Waals surface area contributed by atoms with Crippen molar-refractivity contribution in [2.24, 2.45) is 0 Å². The van der Waals surface area contributed by atoms with Gasteiger partial charge in [-0.15, -0.1) is 0 Å². The highest BCUT2D eigenvalue weighted by Crippen LogP contribution is 2.15. The van der Waals surface area contributed by atoms with E-state index in [0.29, 0.717) is 13.2 Å². The van der Waals surface area contributed by atoms with Crippen LogP contribution < -0.4 is 4.74 Å². The largest absolute Gasteiger partial charge is 0.492 e. The molecule has 0 heterocycles. The number of hydrogen-bond donors (Lipinski definition) is 1. The molecule has 108 valence electrons. The summed E-state index contributed by atoms with van der Waals surface area (Å²) in [5.41, 5.74) is 2.24. The lowest BCUT2D eigenvalue weighted by Crippen LogP contribution is -2.29. The number of aliphatic carboxylic acids is 1. The van der Waals surface area contributed by atoms with Crippen LogP contribution in [0, 0.1) is 13.8 Å². The van der Waals surface area contributed by atoms with E-state index in [0.717, 1.165) is 29.0 Å². The molecule has 0 spiro atoms. The molecule has 0 atom stereocenters. The fourth-order valence-corrected chi connectivity index (χ4v) is 1.70. The van der Waals surface area contributed by atoms with Crippen molar-refractivity contribution in [3.05, 3.63) is 41.5 Å². The predicted octanol–water partition coefficient (Wildman–Crippen LogP) is 1.78. The second-order valence-corrected chi connectivity index (χ2v) is 4.60. The van der Waals surface area contributed by atoms with E-state index >= 15 is 0 Å². The Kier molecular flexibility index (Phi) is 5.77. The van der Waals surface area contributed by atoms with Gasteiger partial charge in [-0.3, -0.25) is 4.79 Å². The van der Waals surface area contributed by atoms with E-state index in [1.165, 1.54) is 4.90 Å². The molecule has 0 unspecified atom stereocenters. The summed E-state index contributed by atoms with van der Waals surface area (Å²) in [6, 6.07) is 5.91. The Morgan fingerprint density at radius 3 is 2.35 bits per heavy atom. The van der Waals surface area contributed by atoms with Crippen molar-refractivity contribution in [1.29, 1.82) is 0 Å². The maximum absolute atomic E-state index is 11.5. The standard InChI is InChI=1S/C15H19NO4/c1-11-8-12(2)10-13(9-11)20-7-6-16(3)14(17)4-5-15(18)19/h4-5,8-10H,6-7H2,1-3H3,(H,18,19)/b5-4+. The van der Waals surface area contributed by atoms with Crippen LogP contribution in [-0.4, -0.2) is 42.1 Å². The van der Waals surface area contributed by atoms with Crippen LogP contribution in [0.3, 0.4) is 0 Å². The molecule has 0 bridgehead atoms. The summed E-state index contributed by atoms with van der Waals surface area (Å²) in [6.45, 7) is 4.72. The molecule has 1 aromatic rings. The van der Waals surface area contributed by atoms with Crippen molar-refractivity contribution >= 4 is 11.9 Å². The normalized spacial score (nSPS) is 10.6. The second-order valence-electron chi connectivity index (χ2n) is 4.60. The van der Waals surface area contributed by atoms with E-state index in [1.807, 2.05) is 26.0 Å². The van der Waals surface area contributed by atoms with Crippen LogP contribution in [0.5, 0.6) is 5.75 Å². The quantitative estimate of drug-likeness (QED) is 0.805. The SMILES string of the molecule is Cc1cc(C)cc(OCCN(C)C(=O)/C=C/C(=O)O)c1. The van der Waals surface area contributed by atoms with Crippen LogP contribution in [0.15, 0.2) is 30.4 Å². The molecule has 0 aliphatic carbocycles. The zero-order valence-electron chi connectivity index (χ0n) is 11.9. The van der Waals surface area contributed by atoms with Gasteiger partial charge in [0.25, 0.3) is 0 Å². The number of amides is 1. The molecule has 1 rings (SSSR count). The molecule has 20 heavy (non-hydrogen) atoms. The average molecular weight is 277 g/mol. The van der Waals surface area contributed by atoms with Gasteiger partial charge < -0.3 is 14.7 Å². The molecule has 1 amide bonds. The van der Waals surface area contributed by atoms with Gasteiger partial charge in [0.05, 0.1) is 6.54 Å². The van der Waals surface area contributed by atoms with Crippen LogP contribution in [0.2, 0.25) is 0 Å². The molecular weight excluding hydrogens is 258 g/mol. The van der Waals surface area contributed by atoms with E-state index in [2.05, 4.69) is 6.07 Å². The summed E-state index contributed by atoms with van der Waals surface area (Å²) in [5, 5.41) is 8.44. The number of aryl methyl sites for hydroxylation is 2. The highest BCUT2D eigenvalue weighted by molar-refractivity contribution is 5.93. The molecule has 1 N–H and O–H groups in total. The number of ether oxygens (including phenoxy) is 1. The van der Waals surface area contributed by atoms with Crippen LogP contribution in [0.25, 0.3) is 0 Å². The third-order valence-electron chi connectivity index (χ3n) is 2.64. The molecule has 0 aliphatic rings. The van der Waals surface area contributed by atoms with E-state index in [-0.39, 0.29) is 5.91 Å². The monoisotopic (exact) mass is 277 g/mol. The van der Waals surface area contributed by atoms with Crippen LogP contribution in [0.1, 0.15) is 11.1 Å². The van der Waals surface area contributed by atoms with Crippen molar-refractivity contribution in [2.75, 3.05) is 20.2 Å². The Morgan fingerprint density at radius 1 is 1.20 bits per heavy atom. The molecule has 0 saturated heterocycles. The number of carboxylic acid groups (broad SMARTS) is 1. The number of likely N-dealkylation sites (N-methyl/N-ethyl adjacent to an activating group) is 1. The van der Waals surface area contributed by atoms with Gasteiger partial charge in [0.15, 0.2) is 0 Å². The average Bonchev–Trinajstić information content (AvgIpc) is 2.34. The Balaban J connectivity index is 2.43. The van der Waals surface area contributed by atoms with Gasteiger partial charge in [-0.25, -0.2) is 4.79 Å². The minimum Gasteiger partial charge on any atom is -0.492 e. The maximum atomic E-state index is 11.5. The first-order chi connectivity index (χ1) is 9.38.